The van der Waals surface area contributed by atoms with Crippen molar-refractivity contribution in [2.75, 3.05) is 7.05 Å². The second kappa shape index (κ2) is 7.21. The van der Waals surface area contributed by atoms with Crippen LogP contribution in [0.2, 0.25) is 0 Å². The van der Waals surface area contributed by atoms with Gasteiger partial charge in [-0.3, -0.25) is 4.98 Å². The van der Waals surface area contributed by atoms with E-state index in [1.54, 1.807) is 19.4 Å². The van der Waals surface area contributed by atoms with Gasteiger partial charge in [0, 0.05) is 19.4 Å². The van der Waals surface area contributed by atoms with E-state index in [1.807, 2.05) is 12.1 Å². The SMILES string of the molecule is CN(Cc1ncon1)C(=O)N[C@H](CC(C)(C)C)c1cccnc1. The molecule has 2 aromatic rings. The van der Waals surface area contributed by atoms with Gasteiger partial charge in [-0.2, -0.15) is 4.98 Å². The lowest BCUT2D eigenvalue weighted by Gasteiger charge is -2.28. The van der Waals surface area contributed by atoms with Crippen LogP contribution < -0.4 is 5.32 Å². The van der Waals surface area contributed by atoms with E-state index in [0.29, 0.717) is 5.82 Å². The van der Waals surface area contributed by atoms with E-state index in [4.69, 9.17) is 0 Å². The summed E-state index contributed by atoms with van der Waals surface area (Å²) in [5.74, 6) is 0.469. The summed E-state index contributed by atoms with van der Waals surface area (Å²) in [6, 6.07) is 3.56. The van der Waals surface area contributed by atoms with E-state index in [9.17, 15) is 4.79 Å². The summed E-state index contributed by atoms with van der Waals surface area (Å²) in [7, 11) is 1.70. The Hall–Kier alpha value is -2.44. The highest BCUT2D eigenvalue weighted by Gasteiger charge is 2.23. The van der Waals surface area contributed by atoms with Crippen molar-refractivity contribution >= 4 is 6.03 Å². The smallest absolute Gasteiger partial charge is 0.318 e. The van der Waals surface area contributed by atoms with E-state index in [1.165, 1.54) is 11.3 Å². The third-order valence-corrected chi connectivity index (χ3v) is 3.33. The van der Waals surface area contributed by atoms with Gasteiger partial charge in [0.15, 0.2) is 5.82 Å². The van der Waals surface area contributed by atoms with Crippen molar-refractivity contribution in [3.05, 3.63) is 42.3 Å². The van der Waals surface area contributed by atoms with E-state index < -0.39 is 0 Å². The first-order valence-electron chi connectivity index (χ1n) is 7.52. The minimum atomic E-state index is -0.187. The summed E-state index contributed by atoms with van der Waals surface area (Å²) in [6.45, 7) is 6.72. The fraction of sp³-hybridized carbons (Fsp3) is 0.500. The molecule has 0 saturated heterocycles. The zero-order valence-electron chi connectivity index (χ0n) is 14.0. The zero-order chi connectivity index (χ0) is 16.9. The van der Waals surface area contributed by atoms with Crippen molar-refractivity contribution in [3.8, 4) is 0 Å². The molecule has 1 atom stereocenters. The van der Waals surface area contributed by atoms with Gasteiger partial charge in [0.05, 0.1) is 12.6 Å². The molecule has 1 N–H and O–H groups in total. The first-order valence-corrected chi connectivity index (χ1v) is 7.52. The number of nitrogens with zero attached hydrogens (tertiary/aromatic N) is 4. The predicted octanol–water partition coefficient (Wildman–Crippen LogP) is 2.78. The standard InChI is InChI=1S/C16H23N5O2/c1-16(2,3)8-13(12-6-5-7-17-9-12)19-15(22)21(4)10-14-18-11-23-20-14/h5-7,9,11,13H,8,10H2,1-4H3,(H,19,22)/t13-/m1/s1. The molecule has 0 aliphatic rings. The Bertz CT molecular complexity index is 607. The molecule has 0 aromatic carbocycles. The number of hydrogen-bond acceptors (Lipinski definition) is 5. The number of pyridine rings is 1. The maximum Gasteiger partial charge on any atom is 0.318 e. The fourth-order valence-electron chi connectivity index (χ4n) is 2.25. The van der Waals surface area contributed by atoms with E-state index >= 15 is 0 Å². The van der Waals surface area contributed by atoms with Crippen LogP contribution in [-0.2, 0) is 6.54 Å². The lowest BCUT2D eigenvalue weighted by molar-refractivity contribution is 0.195. The maximum atomic E-state index is 12.4. The van der Waals surface area contributed by atoms with Crippen LogP contribution in [0.1, 0.15) is 44.6 Å². The third kappa shape index (κ3) is 5.36. The van der Waals surface area contributed by atoms with Crippen LogP contribution in [0.25, 0.3) is 0 Å². The Kier molecular flexibility index (Phi) is 5.31. The van der Waals surface area contributed by atoms with Crippen LogP contribution in [0.3, 0.4) is 0 Å². The van der Waals surface area contributed by atoms with Gasteiger partial charge in [-0.25, -0.2) is 4.79 Å². The largest absolute Gasteiger partial charge is 0.343 e. The molecule has 0 unspecified atom stereocenters. The van der Waals surface area contributed by atoms with Crippen LogP contribution in [0, 0.1) is 5.41 Å². The van der Waals surface area contributed by atoms with Crippen molar-refractivity contribution in [3.63, 3.8) is 0 Å². The first kappa shape index (κ1) is 16.9. The van der Waals surface area contributed by atoms with Crippen LogP contribution in [0.4, 0.5) is 4.79 Å². The van der Waals surface area contributed by atoms with Crippen LogP contribution in [0.5, 0.6) is 0 Å². The summed E-state index contributed by atoms with van der Waals surface area (Å²) in [4.78, 5) is 22.0. The van der Waals surface area contributed by atoms with Crippen LogP contribution in [-0.4, -0.2) is 33.1 Å². The summed E-state index contributed by atoms with van der Waals surface area (Å²) < 4.78 is 4.68. The molecule has 2 heterocycles. The molecular weight excluding hydrogens is 294 g/mol. The minimum Gasteiger partial charge on any atom is -0.343 e. The van der Waals surface area contributed by atoms with Gasteiger partial charge in [-0.1, -0.05) is 32.0 Å². The Morgan fingerprint density at radius 3 is 2.78 bits per heavy atom. The van der Waals surface area contributed by atoms with Crippen molar-refractivity contribution in [2.45, 2.75) is 39.8 Å². The molecule has 0 spiro atoms. The number of amides is 2. The molecule has 2 aromatic heterocycles. The lowest BCUT2D eigenvalue weighted by atomic mass is 9.86. The molecule has 0 bridgehead atoms. The number of carbonyl (C=O) groups excluding carboxylic acids is 1. The quantitative estimate of drug-likeness (QED) is 0.916. The number of aromatic nitrogens is 3. The molecule has 124 valence electrons. The topological polar surface area (TPSA) is 84.2 Å². The number of carbonyl (C=O) groups is 1. The van der Waals surface area contributed by atoms with Crippen molar-refractivity contribution < 1.29 is 9.32 Å². The number of rotatable bonds is 5. The monoisotopic (exact) mass is 317 g/mol. The normalized spacial score (nSPS) is 12.7. The maximum absolute atomic E-state index is 12.4. The average molecular weight is 317 g/mol. The van der Waals surface area contributed by atoms with Gasteiger partial charge in [0.25, 0.3) is 0 Å². The molecule has 0 aliphatic carbocycles. The highest BCUT2D eigenvalue weighted by atomic mass is 16.5. The van der Waals surface area contributed by atoms with E-state index in [-0.39, 0.29) is 24.0 Å². The average Bonchev–Trinajstić information content (AvgIpc) is 2.99. The Labute approximate surface area is 136 Å². The molecule has 2 amide bonds. The summed E-state index contributed by atoms with van der Waals surface area (Å²) in [6.07, 6.45) is 5.57. The fourth-order valence-corrected chi connectivity index (χ4v) is 2.25. The molecule has 0 fully saturated rings. The van der Waals surface area contributed by atoms with Crippen LogP contribution >= 0.6 is 0 Å². The van der Waals surface area contributed by atoms with Gasteiger partial charge in [0.1, 0.15) is 0 Å². The summed E-state index contributed by atoms with van der Waals surface area (Å²) >= 11 is 0. The van der Waals surface area contributed by atoms with Gasteiger partial charge in [-0.15, -0.1) is 0 Å². The van der Waals surface area contributed by atoms with Crippen molar-refractivity contribution in [2.24, 2.45) is 5.41 Å². The summed E-state index contributed by atoms with van der Waals surface area (Å²) in [5, 5.41) is 6.78. The molecule has 7 nitrogen and oxygen atoms in total. The molecular formula is C16H23N5O2. The van der Waals surface area contributed by atoms with E-state index in [0.717, 1.165) is 12.0 Å². The molecule has 0 radical (unpaired) electrons. The first-order chi connectivity index (χ1) is 10.8. The number of urea groups is 1. The molecule has 0 saturated carbocycles. The predicted molar refractivity (Wildman–Crippen MR) is 85.3 cm³/mol. The number of hydrogen-bond donors (Lipinski definition) is 1. The Morgan fingerprint density at radius 2 is 2.22 bits per heavy atom. The summed E-state index contributed by atoms with van der Waals surface area (Å²) in [5.41, 5.74) is 1.06. The van der Waals surface area contributed by atoms with E-state index in [2.05, 4.69) is 45.7 Å². The highest BCUT2D eigenvalue weighted by Crippen LogP contribution is 2.29. The Balaban J connectivity index is 2.06. The second-order valence-electron chi connectivity index (χ2n) is 6.76. The van der Waals surface area contributed by atoms with Gasteiger partial charge in [0.2, 0.25) is 6.39 Å². The van der Waals surface area contributed by atoms with Crippen molar-refractivity contribution in [1.82, 2.24) is 25.3 Å². The molecule has 2 rings (SSSR count). The van der Waals surface area contributed by atoms with Gasteiger partial charge in [-0.05, 0) is 23.5 Å². The minimum absolute atomic E-state index is 0.0695. The molecule has 0 aliphatic heterocycles. The number of nitrogens with one attached hydrogen (secondary N) is 1. The highest BCUT2D eigenvalue weighted by molar-refractivity contribution is 5.74. The van der Waals surface area contributed by atoms with Crippen LogP contribution in [0.15, 0.2) is 35.4 Å². The second-order valence-corrected chi connectivity index (χ2v) is 6.76. The zero-order valence-corrected chi connectivity index (χ0v) is 14.0. The third-order valence-electron chi connectivity index (χ3n) is 3.33. The molecule has 7 heteroatoms. The Morgan fingerprint density at radius 1 is 1.43 bits per heavy atom. The van der Waals surface area contributed by atoms with Crippen molar-refractivity contribution in [1.29, 1.82) is 0 Å². The van der Waals surface area contributed by atoms with Gasteiger partial charge >= 0.3 is 6.03 Å². The van der Waals surface area contributed by atoms with Gasteiger partial charge < -0.3 is 14.7 Å². The lowest BCUT2D eigenvalue weighted by Crippen LogP contribution is -2.40. The molecule has 23 heavy (non-hydrogen) atoms.